The third-order valence-electron chi connectivity index (χ3n) is 4.36. The molecular formula is C25H25Cl2NO4. The summed E-state index contributed by atoms with van der Waals surface area (Å²) in [5.41, 5.74) is 1.55. The van der Waals surface area contributed by atoms with Crippen molar-refractivity contribution in [3.63, 3.8) is 0 Å². The van der Waals surface area contributed by atoms with Crippen molar-refractivity contribution in [2.75, 3.05) is 26.9 Å². The molecule has 0 saturated heterocycles. The van der Waals surface area contributed by atoms with Crippen LogP contribution in [0.2, 0.25) is 10.0 Å². The fourth-order valence-corrected chi connectivity index (χ4v) is 3.14. The van der Waals surface area contributed by atoms with Crippen molar-refractivity contribution in [3.8, 4) is 35.7 Å². The van der Waals surface area contributed by atoms with E-state index in [9.17, 15) is 4.79 Å². The van der Waals surface area contributed by atoms with Crippen molar-refractivity contribution in [2.45, 2.75) is 25.9 Å². The highest BCUT2D eigenvalue weighted by atomic mass is 35.5. The Hall–Kier alpha value is -2.83. The van der Waals surface area contributed by atoms with Gasteiger partial charge in [0.1, 0.15) is 13.2 Å². The zero-order valence-electron chi connectivity index (χ0n) is 18.0. The molecule has 2 aromatic carbocycles. The van der Waals surface area contributed by atoms with Gasteiger partial charge in [-0.3, -0.25) is 4.79 Å². The smallest absolute Gasteiger partial charge is 0.253 e. The Morgan fingerprint density at radius 3 is 2.59 bits per heavy atom. The number of nitrogens with one attached hydrogen (secondary N) is 1. The molecule has 1 N–H and O–H groups in total. The van der Waals surface area contributed by atoms with Gasteiger partial charge in [0.25, 0.3) is 5.91 Å². The number of amides is 1. The van der Waals surface area contributed by atoms with Gasteiger partial charge in [0.05, 0.1) is 17.2 Å². The summed E-state index contributed by atoms with van der Waals surface area (Å²) in [4.78, 5) is 12.7. The number of carbonyl (C=O) groups excluding carboxylic acids is 1. The fraction of sp³-hybridized carbons (Fsp3) is 0.320. The number of rotatable bonds is 10. The number of hydrogen-bond acceptors (Lipinski definition) is 4. The lowest BCUT2D eigenvalue weighted by atomic mass is 10.1. The van der Waals surface area contributed by atoms with Crippen LogP contribution >= 0.6 is 23.2 Å². The number of methoxy groups -OCH3 is 1. The summed E-state index contributed by atoms with van der Waals surface area (Å²) in [6.45, 7) is 2.66. The summed E-state index contributed by atoms with van der Waals surface area (Å²) >= 11 is 12.0. The minimum absolute atomic E-state index is 0.0143. The minimum Gasteiger partial charge on any atom is -0.493 e. The molecule has 0 aliphatic heterocycles. The molecule has 0 heterocycles. The third-order valence-corrected chi connectivity index (χ3v) is 5.10. The summed E-state index contributed by atoms with van der Waals surface area (Å²) in [5.74, 6) is 9.16. The molecule has 0 saturated carbocycles. The second-order valence-corrected chi connectivity index (χ2v) is 7.41. The second-order valence-electron chi connectivity index (χ2n) is 6.59. The molecule has 1 amide bonds. The normalized spacial score (nSPS) is 11.0. The van der Waals surface area contributed by atoms with E-state index < -0.39 is 6.10 Å². The highest BCUT2D eigenvalue weighted by molar-refractivity contribution is 6.42. The van der Waals surface area contributed by atoms with Gasteiger partial charge in [-0.1, -0.05) is 54.1 Å². The Bertz CT molecular complexity index is 1020. The first kappa shape index (κ1) is 25.4. The van der Waals surface area contributed by atoms with Crippen LogP contribution in [-0.4, -0.2) is 32.8 Å². The SMILES string of the molecule is C#CCOC(C(=O)NCCc1ccc(OCC#CCC)c(OC)c1)c1ccc(Cl)c(Cl)c1. The number of carbonyl (C=O) groups is 1. The zero-order valence-corrected chi connectivity index (χ0v) is 19.6. The second kappa shape index (κ2) is 13.6. The average Bonchev–Trinajstić information content (AvgIpc) is 2.79. The van der Waals surface area contributed by atoms with Crippen LogP contribution in [0.1, 0.15) is 30.6 Å². The van der Waals surface area contributed by atoms with E-state index in [0.29, 0.717) is 46.7 Å². The van der Waals surface area contributed by atoms with E-state index in [1.165, 1.54) is 0 Å². The van der Waals surface area contributed by atoms with Gasteiger partial charge in [-0.2, -0.15) is 0 Å². The highest BCUT2D eigenvalue weighted by Crippen LogP contribution is 2.29. The van der Waals surface area contributed by atoms with Gasteiger partial charge in [0.2, 0.25) is 0 Å². The molecule has 0 radical (unpaired) electrons. The standard InChI is InChI=1S/C25H25Cl2NO4/c1-4-6-7-15-31-22-11-8-18(16-23(22)30-3)12-13-28-25(29)24(32-14-5-2)19-9-10-20(26)21(27)17-19/h2,8-11,16-17,24H,4,12-15H2,1,3H3,(H,28,29). The molecule has 168 valence electrons. The molecule has 2 aromatic rings. The third kappa shape index (κ3) is 7.70. The summed E-state index contributed by atoms with van der Waals surface area (Å²) in [7, 11) is 1.58. The largest absolute Gasteiger partial charge is 0.493 e. The summed E-state index contributed by atoms with van der Waals surface area (Å²) in [5, 5.41) is 3.60. The van der Waals surface area contributed by atoms with Crippen LogP contribution < -0.4 is 14.8 Å². The number of ether oxygens (including phenoxy) is 3. The molecule has 0 aliphatic rings. The molecular weight excluding hydrogens is 449 g/mol. The monoisotopic (exact) mass is 473 g/mol. The van der Waals surface area contributed by atoms with Crippen molar-refractivity contribution in [2.24, 2.45) is 0 Å². The predicted molar refractivity (Wildman–Crippen MR) is 127 cm³/mol. The van der Waals surface area contributed by atoms with Crippen molar-refractivity contribution in [3.05, 3.63) is 57.6 Å². The van der Waals surface area contributed by atoms with Crippen LogP contribution in [-0.2, 0) is 16.0 Å². The topological polar surface area (TPSA) is 56.8 Å². The average molecular weight is 474 g/mol. The molecule has 5 nitrogen and oxygen atoms in total. The van der Waals surface area contributed by atoms with Gasteiger partial charge < -0.3 is 19.5 Å². The molecule has 2 rings (SSSR count). The van der Waals surface area contributed by atoms with E-state index in [2.05, 4.69) is 23.1 Å². The van der Waals surface area contributed by atoms with Crippen LogP contribution in [0.3, 0.4) is 0 Å². The van der Waals surface area contributed by atoms with E-state index >= 15 is 0 Å². The summed E-state index contributed by atoms with van der Waals surface area (Å²) in [6, 6.07) is 10.5. The lowest BCUT2D eigenvalue weighted by molar-refractivity contribution is -0.132. The maximum Gasteiger partial charge on any atom is 0.253 e. The first-order valence-corrected chi connectivity index (χ1v) is 10.8. The Morgan fingerprint density at radius 1 is 1.09 bits per heavy atom. The lowest BCUT2D eigenvalue weighted by Crippen LogP contribution is -2.32. The Kier molecular flexibility index (Phi) is 10.8. The molecule has 0 aliphatic carbocycles. The summed E-state index contributed by atoms with van der Waals surface area (Å²) in [6.07, 6.45) is 5.76. The Morgan fingerprint density at radius 2 is 1.91 bits per heavy atom. The van der Waals surface area contributed by atoms with E-state index in [4.69, 9.17) is 43.8 Å². The van der Waals surface area contributed by atoms with E-state index in [-0.39, 0.29) is 12.5 Å². The van der Waals surface area contributed by atoms with Crippen molar-refractivity contribution >= 4 is 29.1 Å². The first-order chi connectivity index (χ1) is 15.5. The Balaban J connectivity index is 1.99. The molecule has 32 heavy (non-hydrogen) atoms. The van der Waals surface area contributed by atoms with Gasteiger partial charge in [0, 0.05) is 13.0 Å². The van der Waals surface area contributed by atoms with Gasteiger partial charge in [0.15, 0.2) is 17.6 Å². The summed E-state index contributed by atoms with van der Waals surface area (Å²) < 4.78 is 16.6. The molecule has 7 heteroatoms. The molecule has 0 fully saturated rings. The lowest BCUT2D eigenvalue weighted by Gasteiger charge is -2.17. The van der Waals surface area contributed by atoms with Crippen molar-refractivity contribution < 1.29 is 19.0 Å². The van der Waals surface area contributed by atoms with E-state index in [1.807, 2.05) is 25.1 Å². The molecule has 0 aromatic heterocycles. The van der Waals surface area contributed by atoms with Crippen LogP contribution in [0.5, 0.6) is 11.5 Å². The maximum absolute atomic E-state index is 12.7. The molecule has 0 bridgehead atoms. The van der Waals surface area contributed by atoms with Crippen molar-refractivity contribution in [1.29, 1.82) is 0 Å². The number of halogens is 2. The molecule has 0 spiro atoms. The number of benzene rings is 2. The van der Waals surface area contributed by atoms with E-state index in [1.54, 1.807) is 25.3 Å². The van der Waals surface area contributed by atoms with Gasteiger partial charge in [-0.15, -0.1) is 12.3 Å². The first-order valence-electron chi connectivity index (χ1n) is 10.0. The predicted octanol–water partition coefficient (Wildman–Crippen LogP) is 4.84. The highest BCUT2D eigenvalue weighted by Gasteiger charge is 2.22. The minimum atomic E-state index is -0.893. The van der Waals surface area contributed by atoms with E-state index in [0.717, 1.165) is 12.0 Å². The Labute approximate surface area is 199 Å². The van der Waals surface area contributed by atoms with Gasteiger partial charge in [-0.25, -0.2) is 0 Å². The van der Waals surface area contributed by atoms with Crippen molar-refractivity contribution in [1.82, 2.24) is 5.32 Å². The number of hydrogen-bond donors (Lipinski definition) is 1. The quantitative estimate of drug-likeness (QED) is 0.501. The van der Waals surface area contributed by atoms with Crippen LogP contribution in [0.4, 0.5) is 0 Å². The number of terminal acetylenes is 1. The molecule has 1 unspecified atom stereocenters. The van der Waals surface area contributed by atoms with Crippen LogP contribution in [0, 0.1) is 24.2 Å². The molecule has 1 atom stereocenters. The zero-order chi connectivity index (χ0) is 23.3. The van der Waals surface area contributed by atoms with Crippen LogP contribution in [0.15, 0.2) is 36.4 Å². The van der Waals surface area contributed by atoms with Gasteiger partial charge >= 0.3 is 0 Å². The maximum atomic E-state index is 12.7. The van der Waals surface area contributed by atoms with Gasteiger partial charge in [-0.05, 0) is 41.8 Å². The van der Waals surface area contributed by atoms with Crippen LogP contribution in [0.25, 0.3) is 0 Å². The fourth-order valence-electron chi connectivity index (χ4n) is 2.83.